The highest BCUT2D eigenvalue weighted by molar-refractivity contribution is 7.13. The first kappa shape index (κ1) is 19.8. The highest BCUT2D eigenvalue weighted by Crippen LogP contribution is 2.21. The maximum absolute atomic E-state index is 12.1. The third-order valence-electron chi connectivity index (χ3n) is 4.93. The second-order valence-electron chi connectivity index (χ2n) is 7.10. The van der Waals surface area contributed by atoms with Gasteiger partial charge in [-0.3, -0.25) is 4.79 Å². The van der Waals surface area contributed by atoms with Crippen molar-refractivity contribution in [2.24, 2.45) is 0 Å². The molecule has 0 spiro atoms. The highest BCUT2D eigenvalue weighted by Gasteiger charge is 2.11. The summed E-state index contributed by atoms with van der Waals surface area (Å²) in [4.78, 5) is 19.1. The summed E-state index contributed by atoms with van der Waals surface area (Å²) < 4.78 is 0. The number of unbranched alkanes of at least 4 members (excludes halogenated alkanes) is 1. The van der Waals surface area contributed by atoms with Crippen LogP contribution in [-0.4, -0.2) is 42.0 Å². The largest absolute Gasteiger partial charge is 0.356 e. The number of nitrogens with one attached hydrogen (secondary N) is 2. The van der Waals surface area contributed by atoms with Crippen molar-refractivity contribution < 1.29 is 4.79 Å². The Bertz CT molecular complexity index is 707. The van der Waals surface area contributed by atoms with Crippen molar-refractivity contribution >= 4 is 28.1 Å². The van der Waals surface area contributed by atoms with Crippen molar-refractivity contribution in [3.63, 3.8) is 0 Å². The Labute approximate surface area is 166 Å². The van der Waals surface area contributed by atoms with Gasteiger partial charge in [-0.15, -0.1) is 11.3 Å². The molecule has 146 valence electrons. The molecule has 2 aromatic rings. The standard InChI is InChI=1S/C21H30N4OS/c1-2-17-7-9-18(10-8-17)23-21-24-19(16-27-21)15-20(26)22-11-3-4-12-25-13-5-6-14-25/h7-10,16H,2-6,11-15H2,1H3,(H,22,26)(H,23,24). The van der Waals surface area contributed by atoms with Gasteiger partial charge in [-0.2, -0.15) is 0 Å². The van der Waals surface area contributed by atoms with E-state index in [2.05, 4.69) is 51.7 Å². The van der Waals surface area contributed by atoms with E-state index in [0.717, 1.165) is 48.9 Å². The van der Waals surface area contributed by atoms with Crippen LogP contribution in [0.4, 0.5) is 10.8 Å². The second kappa shape index (κ2) is 10.4. The van der Waals surface area contributed by atoms with Crippen LogP contribution < -0.4 is 10.6 Å². The Kier molecular flexibility index (Phi) is 7.66. The van der Waals surface area contributed by atoms with Gasteiger partial charge in [-0.1, -0.05) is 19.1 Å². The molecule has 27 heavy (non-hydrogen) atoms. The summed E-state index contributed by atoms with van der Waals surface area (Å²) in [5.74, 6) is 0.0559. The van der Waals surface area contributed by atoms with E-state index in [-0.39, 0.29) is 5.91 Å². The van der Waals surface area contributed by atoms with Crippen molar-refractivity contribution in [3.05, 3.63) is 40.9 Å². The van der Waals surface area contributed by atoms with Crippen LogP contribution in [0.1, 0.15) is 43.9 Å². The van der Waals surface area contributed by atoms with Gasteiger partial charge in [0.2, 0.25) is 5.91 Å². The van der Waals surface area contributed by atoms with Crippen LogP contribution in [0.25, 0.3) is 0 Å². The lowest BCUT2D eigenvalue weighted by Crippen LogP contribution is -2.27. The second-order valence-corrected chi connectivity index (χ2v) is 7.96. The first-order valence-corrected chi connectivity index (χ1v) is 10.9. The van der Waals surface area contributed by atoms with Crippen LogP contribution in [-0.2, 0) is 17.6 Å². The lowest BCUT2D eigenvalue weighted by atomic mass is 10.1. The number of amides is 1. The zero-order valence-electron chi connectivity index (χ0n) is 16.2. The summed E-state index contributed by atoms with van der Waals surface area (Å²) in [6.45, 7) is 6.56. The van der Waals surface area contributed by atoms with Gasteiger partial charge in [-0.05, 0) is 69.4 Å². The average molecular weight is 387 g/mol. The molecule has 6 heteroatoms. The maximum atomic E-state index is 12.1. The van der Waals surface area contributed by atoms with Gasteiger partial charge in [0.15, 0.2) is 5.13 Å². The van der Waals surface area contributed by atoms with E-state index in [9.17, 15) is 4.79 Å². The molecule has 1 aliphatic heterocycles. The van der Waals surface area contributed by atoms with Crippen molar-refractivity contribution in [1.29, 1.82) is 0 Å². The molecule has 5 nitrogen and oxygen atoms in total. The van der Waals surface area contributed by atoms with Gasteiger partial charge < -0.3 is 15.5 Å². The average Bonchev–Trinajstić information content (AvgIpc) is 3.34. The lowest BCUT2D eigenvalue weighted by Gasteiger charge is -2.13. The van der Waals surface area contributed by atoms with E-state index in [1.165, 1.54) is 42.8 Å². The number of nitrogens with zero attached hydrogens (tertiary/aromatic N) is 2. The molecule has 0 bridgehead atoms. The van der Waals surface area contributed by atoms with Gasteiger partial charge in [0.25, 0.3) is 0 Å². The fourth-order valence-electron chi connectivity index (χ4n) is 3.31. The minimum atomic E-state index is 0.0559. The molecule has 3 rings (SSSR count). The molecular formula is C21H30N4OS. The monoisotopic (exact) mass is 386 g/mol. The number of carbonyl (C=O) groups is 1. The predicted octanol–water partition coefficient (Wildman–Crippen LogP) is 3.98. The lowest BCUT2D eigenvalue weighted by molar-refractivity contribution is -0.120. The molecule has 0 atom stereocenters. The van der Waals surface area contributed by atoms with Crippen LogP contribution >= 0.6 is 11.3 Å². The van der Waals surface area contributed by atoms with Crippen molar-refractivity contribution in [3.8, 4) is 0 Å². The highest BCUT2D eigenvalue weighted by atomic mass is 32.1. The minimum Gasteiger partial charge on any atom is -0.356 e. The van der Waals surface area contributed by atoms with Crippen molar-refractivity contribution in [1.82, 2.24) is 15.2 Å². The Morgan fingerprint density at radius 3 is 2.70 bits per heavy atom. The maximum Gasteiger partial charge on any atom is 0.226 e. The normalized spacial score (nSPS) is 14.4. The predicted molar refractivity (Wildman–Crippen MR) is 113 cm³/mol. The Balaban J connectivity index is 1.34. The summed E-state index contributed by atoms with van der Waals surface area (Å²) in [6, 6.07) is 8.37. The van der Waals surface area contributed by atoms with Crippen LogP contribution in [0, 0.1) is 0 Å². The summed E-state index contributed by atoms with van der Waals surface area (Å²) >= 11 is 1.53. The Hall–Kier alpha value is -1.92. The molecule has 0 aliphatic carbocycles. The first-order chi connectivity index (χ1) is 13.2. The van der Waals surface area contributed by atoms with Crippen molar-refractivity contribution in [2.75, 3.05) is 31.5 Å². The number of aromatic nitrogens is 1. The molecule has 1 aromatic heterocycles. The van der Waals surface area contributed by atoms with Gasteiger partial charge >= 0.3 is 0 Å². The van der Waals surface area contributed by atoms with Gasteiger partial charge in [0.05, 0.1) is 12.1 Å². The summed E-state index contributed by atoms with van der Waals surface area (Å²) in [6.07, 6.45) is 6.26. The smallest absolute Gasteiger partial charge is 0.226 e. The topological polar surface area (TPSA) is 57.3 Å². The quantitative estimate of drug-likeness (QED) is 0.606. The minimum absolute atomic E-state index is 0.0559. The summed E-state index contributed by atoms with van der Waals surface area (Å²) in [5.41, 5.74) is 3.16. The summed E-state index contributed by atoms with van der Waals surface area (Å²) in [5, 5.41) is 9.10. The molecule has 1 aliphatic rings. The SMILES string of the molecule is CCc1ccc(Nc2nc(CC(=O)NCCCCN3CCCC3)cs2)cc1. The van der Waals surface area contributed by atoms with E-state index in [1.54, 1.807) is 0 Å². The number of hydrogen-bond acceptors (Lipinski definition) is 5. The number of rotatable bonds is 10. The molecule has 0 radical (unpaired) electrons. The number of anilines is 2. The van der Waals surface area contributed by atoms with Crippen LogP contribution in [0.3, 0.4) is 0 Å². The van der Waals surface area contributed by atoms with E-state index in [0.29, 0.717) is 6.42 Å². The molecule has 1 amide bonds. The zero-order chi connectivity index (χ0) is 18.9. The van der Waals surface area contributed by atoms with Crippen LogP contribution in [0.15, 0.2) is 29.6 Å². The number of carbonyl (C=O) groups excluding carboxylic acids is 1. The van der Waals surface area contributed by atoms with E-state index < -0.39 is 0 Å². The Morgan fingerprint density at radius 2 is 1.96 bits per heavy atom. The van der Waals surface area contributed by atoms with Gasteiger partial charge in [0, 0.05) is 17.6 Å². The number of aryl methyl sites for hydroxylation is 1. The fraction of sp³-hybridized carbons (Fsp3) is 0.524. The molecule has 2 N–H and O–H groups in total. The number of likely N-dealkylation sites (tertiary alicyclic amines) is 1. The number of hydrogen-bond donors (Lipinski definition) is 2. The fourth-order valence-corrected chi connectivity index (χ4v) is 4.04. The molecule has 2 heterocycles. The van der Waals surface area contributed by atoms with Gasteiger partial charge in [0.1, 0.15) is 0 Å². The summed E-state index contributed by atoms with van der Waals surface area (Å²) in [7, 11) is 0. The first-order valence-electron chi connectivity index (χ1n) is 10.0. The molecule has 0 unspecified atom stereocenters. The molecule has 1 saturated heterocycles. The molecule has 1 fully saturated rings. The molecular weight excluding hydrogens is 356 g/mol. The molecule has 1 aromatic carbocycles. The van der Waals surface area contributed by atoms with Gasteiger partial charge in [-0.25, -0.2) is 4.98 Å². The molecule has 0 saturated carbocycles. The zero-order valence-corrected chi connectivity index (χ0v) is 17.0. The van der Waals surface area contributed by atoms with Crippen LogP contribution in [0.5, 0.6) is 0 Å². The van der Waals surface area contributed by atoms with E-state index in [1.807, 2.05) is 5.38 Å². The van der Waals surface area contributed by atoms with Crippen LogP contribution in [0.2, 0.25) is 0 Å². The third kappa shape index (κ3) is 6.63. The van der Waals surface area contributed by atoms with E-state index >= 15 is 0 Å². The Morgan fingerprint density at radius 1 is 1.19 bits per heavy atom. The number of benzene rings is 1. The number of thiazole rings is 1. The van der Waals surface area contributed by atoms with E-state index in [4.69, 9.17) is 0 Å². The third-order valence-corrected chi connectivity index (χ3v) is 5.74. The van der Waals surface area contributed by atoms with Crippen molar-refractivity contribution in [2.45, 2.75) is 45.4 Å².